The Hall–Kier alpha value is -2.96. The predicted molar refractivity (Wildman–Crippen MR) is 143 cm³/mol. The minimum absolute atomic E-state index is 0.0481. The first-order valence-electron chi connectivity index (χ1n) is 10.6. The zero-order valence-electron chi connectivity index (χ0n) is 18.6. The Morgan fingerprint density at radius 1 is 1.00 bits per heavy atom. The number of amides is 1. The highest BCUT2D eigenvalue weighted by atomic mass is 35.5. The maximum Gasteiger partial charge on any atom is 0.326 e. The fourth-order valence-electron chi connectivity index (χ4n) is 3.50. The summed E-state index contributed by atoms with van der Waals surface area (Å²) < 4.78 is 36.8. The lowest BCUT2D eigenvalue weighted by molar-refractivity contribution is -0.139. The maximum absolute atomic E-state index is 13.2. The number of carboxylic acid groups (broad SMARTS) is 1. The summed E-state index contributed by atoms with van der Waals surface area (Å²) in [5, 5.41) is 13.0. The van der Waals surface area contributed by atoms with E-state index in [9.17, 15) is 23.1 Å². The number of rotatable bonds is 9. The number of anilines is 1. The first-order valence-corrected chi connectivity index (χ1v) is 13.9. The minimum Gasteiger partial charge on any atom is -0.480 e. The van der Waals surface area contributed by atoms with Crippen LogP contribution in [-0.4, -0.2) is 40.2 Å². The number of aryl methyl sites for hydroxylation is 1. The van der Waals surface area contributed by atoms with Crippen LogP contribution in [0.15, 0.2) is 59.5 Å². The van der Waals surface area contributed by atoms with E-state index in [1.54, 1.807) is 24.3 Å². The van der Waals surface area contributed by atoms with Crippen LogP contribution in [0.4, 0.5) is 5.69 Å². The Morgan fingerprint density at radius 3 is 2.51 bits per heavy atom. The van der Waals surface area contributed by atoms with Crippen LogP contribution < -0.4 is 10.0 Å². The number of carboxylic acids is 1. The topological polar surface area (TPSA) is 138 Å². The van der Waals surface area contributed by atoms with Gasteiger partial charge in [-0.3, -0.25) is 9.52 Å². The lowest BCUT2D eigenvalue weighted by Gasteiger charge is -2.17. The molecular formula is C23H17Cl3N4O5S2. The number of halogens is 3. The van der Waals surface area contributed by atoms with Crippen molar-refractivity contribution >= 4 is 85.2 Å². The van der Waals surface area contributed by atoms with Gasteiger partial charge < -0.3 is 10.4 Å². The summed E-state index contributed by atoms with van der Waals surface area (Å²) in [6, 6.07) is 12.1. The Bertz CT molecular complexity index is 1610. The molecule has 0 bridgehead atoms. The second-order valence-corrected chi connectivity index (χ2v) is 11.3. The molecule has 3 aromatic carbocycles. The lowest BCUT2D eigenvalue weighted by atomic mass is 10.0. The lowest BCUT2D eigenvalue weighted by Crippen LogP contribution is -2.41. The van der Waals surface area contributed by atoms with E-state index >= 15 is 0 Å². The van der Waals surface area contributed by atoms with Gasteiger partial charge in [0.05, 0.1) is 33.0 Å². The van der Waals surface area contributed by atoms with Gasteiger partial charge in [0.1, 0.15) is 22.0 Å². The van der Waals surface area contributed by atoms with Crippen LogP contribution in [0.1, 0.15) is 22.3 Å². The van der Waals surface area contributed by atoms with Crippen LogP contribution in [0.5, 0.6) is 0 Å². The normalized spacial score (nSPS) is 12.3. The van der Waals surface area contributed by atoms with Crippen molar-refractivity contribution in [1.82, 2.24) is 14.1 Å². The number of hydrogen-bond acceptors (Lipinski definition) is 7. The van der Waals surface area contributed by atoms with Gasteiger partial charge in [0, 0.05) is 5.02 Å². The number of carbonyl (C=O) groups excluding carboxylic acids is 1. The standard InChI is InChI=1S/C23H17Cl3N4O5S2/c24-13-6-7-14(19(11-13)30-37(34,35)20-3-1-2-17-21(20)29-36-28-17)22(31)27-18(23(32)33)9-5-12-4-8-15(25)16(26)10-12/h1-4,6-8,10-11,18,30H,5,9H2,(H,27,31)(H,32,33)/t18-/m0/s1. The summed E-state index contributed by atoms with van der Waals surface area (Å²) >= 11 is 18.9. The number of fused-ring (bicyclic) bond motifs is 1. The van der Waals surface area contributed by atoms with E-state index in [0.717, 1.165) is 17.3 Å². The van der Waals surface area contributed by atoms with Crippen molar-refractivity contribution in [2.45, 2.75) is 23.8 Å². The summed E-state index contributed by atoms with van der Waals surface area (Å²) in [5.74, 6) is -2.06. The van der Waals surface area contributed by atoms with Crippen molar-refractivity contribution in [3.05, 3.63) is 80.8 Å². The molecule has 9 nitrogen and oxygen atoms in total. The SMILES string of the molecule is O=C(N[C@@H](CCc1ccc(Cl)c(Cl)c1)C(=O)O)c1ccc(Cl)cc1NS(=O)(=O)c1cccc2nsnc12. The number of nitrogens with zero attached hydrogens (tertiary/aromatic N) is 2. The van der Waals surface area contributed by atoms with E-state index in [1.807, 2.05) is 0 Å². The Kier molecular flexibility index (Phi) is 8.20. The molecule has 1 heterocycles. The van der Waals surface area contributed by atoms with Crippen LogP contribution in [-0.2, 0) is 21.2 Å². The monoisotopic (exact) mass is 598 g/mol. The number of benzene rings is 3. The number of carbonyl (C=O) groups is 2. The number of aromatic nitrogens is 2. The van der Waals surface area contributed by atoms with E-state index in [-0.39, 0.29) is 33.1 Å². The summed E-state index contributed by atoms with van der Waals surface area (Å²) in [6.07, 6.45) is 0.340. The van der Waals surface area contributed by atoms with Gasteiger partial charge in [0.2, 0.25) is 0 Å². The number of aliphatic carboxylic acids is 1. The molecule has 0 radical (unpaired) electrons. The Morgan fingerprint density at radius 2 is 1.78 bits per heavy atom. The molecule has 3 N–H and O–H groups in total. The molecule has 37 heavy (non-hydrogen) atoms. The molecule has 0 aliphatic carbocycles. The van der Waals surface area contributed by atoms with E-state index in [1.165, 1.54) is 30.3 Å². The zero-order valence-corrected chi connectivity index (χ0v) is 22.5. The van der Waals surface area contributed by atoms with Gasteiger partial charge in [-0.05, 0) is 60.9 Å². The largest absolute Gasteiger partial charge is 0.480 e. The van der Waals surface area contributed by atoms with E-state index < -0.39 is 27.9 Å². The molecule has 4 aromatic rings. The fraction of sp³-hybridized carbons (Fsp3) is 0.130. The molecule has 1 atom stereocenters. The van der Waals surface area contributed by atoms with Gasteiger partial charge in [0.25, 0.3) is 15.9 Å². The number of sulfonamides is 1. The fourth-order valence-corrected chi connectivity index (χ4v) is 5.83. The highest BCUT2D eigenvalue weighted by molar-refractivity contribution is 7.93. The van der Waals surface area contributed by atoms with Crippen molar-refractivity contribution in [3.63, 3.8) is 0 Å². The molecule has 0 aliphatic heterocycles. The molecule has 0 saturated heterocycles. The maximum atomic E-state index is 13.2. The summed E-state index contributed by atoms with van der Waals surface area (Å²) in [4.78, 5) is 24.8. The molecule has 0 saturated carbocycles. The van der Waals surface area contributed by atoms with Crippen molar-refractivity contribution in [3.8, 4) is 0 Å². The third-order valence-corrected chi connectivity index (χ3v) is 8.23. The molecule has 1 amide bonds. The molecule has 14 heteroatoms. The van der Waals surface area contributed by atoms with E-state index in [2.05, 4.69) is 18.8 Å². The molecule has 0 unspecified atom stereocenters. The third-order valence-electron chi connectivity index (χ3n) is 5.32. The molecule has 0 fully saturated rings. The first kappa shape index (κ1) is 27.1. The second kappa shape index (κ2) is 11.2. The van der Waals surface area contributed by atoms with Crippen LogP contribution >= 0.6 is 46.5 Å². The highest BCUT2D eigenvalue weighted by Gasteiger charge is 2.25. The van der Waals surface area contributed by atoms with Gasteiger partial charge >= 0.3 is 5.97 Å². The highest BCUT2D eigenvalue weighted by Crippen LogP contribution is 2.28. The molecule has 0 spiro atoms. The summed E-state index contributed by atoms with van der Waals surface area (Å²) in [6.45, 7) is 0. The van der Waals surface area contributed by atoms with Gasteiger partial charge in [0.15, 0.2) is 0 Å². The predicted octanol–water partition coefficient (Wildman–Crippen LogP) is 5.27. The molecule has 192 valence electrons. The average molecular weight is 600 g/mol. The van der Waals surface area contributed by atoms with Crippen LogP contribution in [0.25, 0.3) is 11.0 Å². The van der Waals surface area contributed by atoms with Crippen LogP contribution in [0.2, 0.25) is 15.1 Å². The van der Waals surface area contributed by atoms with Crippen molar-refractivity contribution in [2.24, 2.45) is 0 Å². The van der Waals surface area contributed by atoms with Crippen molar-refractivity contribution < 1.29 is 23.1 Å². The Balaban J connectivity index is 1.56. The van der Waals surface area contributed by atoms with E-state index in [0.29, 0.717) is 22.0 Å². The quantitative estimate of drug-likeness (QED) is 0.238. The summed E-state index contributed by atoms with van der Waals surface area (Å²) in [5.41, 5.74) is 1.08. The molecule has 4 rings (SSSR count). The van der Waals surface area contributed by atoms with Gasteiger partial charge in [-0.2, -0.15) is 8.75 Å². The van der Waals surface area contributed by atoms with Gasteiger partial charge in [-0.15, -0.1) is 0 Å². The van der Waals surface area contributed by atoms with Gasteiger partial charge in [-0.1, -0.05) is 46.9 Å². The van der Waals surface area contributed by atoms with Crippen molar-refractivity contribution in [2.75, 3.05) is 4.72 Å². The number of hydrogen-bond donors (Lipinski definition) is 3. The van der Waals surface area contributed by atoms with Gasteiger partial charge in [-0.25, -0.2) is 13.2 Å². The smallest absolute Gasteiger partial charge is 0.326 e. The minimum atomic E-state index is -4.21. The molecule has 1 aromatic heterocycles. The average Bonchev–Trinajstić information content (AvgIpc) is 3.32. The first-order chi connectivity index (χ1) is 17.5. The van der Waals surface area contributed by atoms with Crippen LogP contribution in [0, 0.1) is 0 Å². The van der Waals surface area contributed by atoms with Crippen LogP contribution in [0.3, 0.4) is 0 Å². The second-order valence-electron chi connectivity index (χ2n) is 7.83. The zero-order chi connectivity index (χ0) is 26.7. The Labute approximate surface area is 230 Å². The molecular weight excluding hydrogens is 583 g/mol. The summed E-state index contributed by atoms with van der Waals surface area (Å²) in [7, 11) is -4.21. The van der Waals surface area contributed by atoms with Crippen molar-refractivity contribution in [1.29, 1.82) is 0 Å². The third kappa shape index (κ3) is 6.31. The molecule has 0 aliphatic rings. The van der Waals surface area contributed by atoms with E-state index in [4.69, 9.17) is 34.8 Å². The number of nitrogens with one attached hydrogen (secondary N) is 2.